The van der Waals surface area contributed by atoms with E-state index in [4.69, 9.17) is 4.98 Å². The van der Waals surface area contributed by atoms with Crippen molar-refractivity contribution >= 4 is 33.6 Å². The summed E-state index contributed by atoms with van der Waals surface area (Å²) in [5.41, 5.74) is 4.64. The monoisotopic (exact) mass is 772 g/mol. The van der Waals surface area contributed by atoms with Crippen LogP contribution in [0.4, 0.5) is 17.6 Å². The molecule has 5 aromatic rings. The number of hydrogen-bond acceptors (Lipinski definition) is 4. The SMILES string of the molecule is CC(C)(C)C(NC(=O)C1CCC(F)(F)CC1)c1nc2c(ccc3cc(-c4ccc(-c5cnc([C@@H](NC(=O)C6CCC(F)(F)CC6)C(C)(C)C)[nH]5)cc4)ccc32)[nH]1. The highest BCUT2D eigenvalue weighted by Gasteiger charge is 2.41. The molecular formula is C44H52F4N6O2. The lowest BCUT2D eigenvalue weighted by molar-refractivity contribution is -0.131. The van der Waals surface area contributed by atoms with Crippen molar-refractivity contribution in [1.29, 1.82) is 0 Å². The molecule has 2 saturated carbocycles. The van der Waals surface area contributed by atoms with Gasteiger partial charge in [-0.2, -0.15) is 0 Å². The number of carbonyl (C=O) groups is 2. The lowest BCUT2D eigenvalue weighted by Crippen LogP contribution is -2.42. The molecule has 3 aromatic carbocycles. The number of H-pyrrole nitrogens is 2. The van der Waals surface area contributed by atoms with Gasteiger partial charge in [0.1, 0.15) is 11.6 Å². The first kappa shape index (κ1) is 39.5. The van der Waals surface area contributed by atoms with Gasteiger partial charge in [-0.3, -0.25) is 9.59 Å². The van der Waals surface area contributed by atoms with E-state index in [1.807, 2.05) is 77.9 Å². The van der Waals surface area contributed by atoms with E-state index in [1.54, 1.807) is 6.20 Å². The summed E-state index contributed by atoms with van der Waals surface area (Å²) < 4.78 is 55.0. The van der Waals surface area contributed by atoms with Crippen LogP contribution in [0.15, 0.2) is 60.8 Å². The maximum absolute atomic E-state index is 13.8. The molecule has 2 aliphatic rings. The van der Waals surface area contributed by atoms with Gasteiger partial charge in [-0.15, -0.1) is 0 Å². The van der Waals surface area contributed by atoms with Crippen LogP contribution in [0, 0.1) is 22.7 Å². The van der Waals surface area contributed by atoms with Crippen LogP contribution in [0.3, 0.4) is 0 Å². The zero-order chi connectivity index (χ0) is 40.2. The van der Waals surface area contributed by atoms with Crippen molar-refractivity contribution in [2.75, 3.05) is 0 Å². The Morgan fingerprint density at radius 1 is 0.679 bits per heavy atom. The van der Waals surface area contributed by atoms with Crippen LogP contribution in [0.1, 0.15) is 117 Å². The Labute approximate surface area is 325 Å². The van der Waals surface area contributed by atoms with Crippen LogP contribution >= 0.6 is 0 Å². The van der Waals surface area contributed by atoms with Crippen LogP contribution < -0.4 is 10.6 Å². The third kappa shape index (κ3) is 8.49. The van der Waals surface area contributed by atoms with Crippen molar-refractivity contribution in [1.82, 2.24) is 30.6 Å². The molecule has 1 unspecified atom stereocenters. The molecule has 12 heteroatoms. The minimum absolute atomic E-state index is 0.172. The quantitative estimate of drug-likeness (QED) is 0.118. The normalized spacial score (nSPS) is 19.2. The van der Waals surface area contributed by atoms with Crippen molar-refractivity contribution in [2.24, 2.45) is 22.7 Å². The van der Waals surface area contributed by atoms with Gasteiger partial charge in [-0.25, -0.2) is 27.5 Å². The second-order valence-corrected chi connectivity index (χ2v) is 18.2. The maximum Gasteiger partial charge on any atom is 0.248 e. The van der Waals surface area contributed by atoms with Crippen molar-refractivity contribution in [2.45, 2.75) is 117 Å². The van der Waals surface area contributed by atoms with E-state index in [9.17, 15) is 27.2 Å². The van der Waals surface area contributed by atoms with E-state index in [1.165, 1.54) is 0 Å². The predicted molar refractivity (Wildman–Crippen MR) is 211 cm³/mol. The molecule has 8 nitrogen and oxygen atoms in total. The highest BCUT2D eigenvalue weighted by Crippen LogP contribution is 2.40. The van der Waals surface area contributed by atoms with Gasteiger partial charge in [0.25, 0.3) is 0 Å². The van der Waals surface area contributed by atoms with Gasteiger partial charge in [-0.1, -0.05) is 84.0 Å². The van der Waals surface area contributed by atoms with Crippen molar-refractivity contribution < 1.29 is 27.2 Å². The zero-order valence-electron chi connectivity index (χ0n) is 33.0. The fraction of sp³-hybridized carbons (Fsp3) is 0.500. The molecule has 0 saturated heterocycles. The third-order valence-corrected chi connectivity index (χ3v) is 11.6. The number of aromatic nitrogens is 4. The lowest BCUT2D eigenvalue weighted by Gasteiger charge is -2.33. The maximum atomic E-state index is 13.8. The smallest absolute Gasteiger partial charge is 0.248 e. The summed E-state index contributed by atoms with van der Waals surface area (Å²) in [6, 6.07) is 17.5. The molecule has 298 valence electrons. The number of benzene rings is 3. The number of aromatic amines is 2. The average molecular weight is 773 g/mol. The fourth-order valence-electron chi connectivity index (χ4n) is 8.12. The van der Waals surface area contributed by atoms with Crippen LogP contribution in [0.5, 0.6) is 0 Å². The molecule has 7 rings (SSSR count). The third-order valence-electron chi connectivity index (χ3n) is 11.6. The second-order valence-electron chi connectivity index (χ2n) is 18.2. The zero-order valence-corrected chi connectivity index (χ0v) is 33.0. The molecule has 0 aliphatic heterocycles. The second kappa shape index (κ2) is 14.6. The van der Waals surface area contributed by atoms with Crippen molar-refractivity contribution in [3.05, 3.63) is 72.4 Å². The molecule has 2 amide bonds. The van der Waals surface area contributed by atoms with Gasteiger partial charge in [0.2, 0.25) is 23.7 Å². The highest BCUT2D eigenvalue weighted by atomic mass is 19.3. The highest BCUT2D eigenvalue weighted by molar-refractivity contribution is 6.05. The lowest BCUT2D eigenvalue weighted by atomic mass is 9.83. The van der Waals surface area contributed by atoms with Crippen LogP contribution in [0.25, 0.3) is 44.2 Å². The van der Waals surface area contributed by atoms with Crippen LogP contribution in [-0.2, 0) is 9.59 Å². The van der Waals surface area contributed by atoms with E-state index < -0.39 is 41.2 Å². The Morgan fingerprint density at radius 3 is 1.71 bits per heavy atom. The van der Waals surface area contributed by atoms with Crippen LogP contribution in [0.2, 0.25) is 0 Å². The van der Waals surface area contributed by atoms with Gasteiger partial charge in [0.05, 0.1) is 35.0 Å². The number of amides is 2. The molecule has 2 aliphatic carbocycles. The number of nitrogens with zero attached hydrogens (tertiary/aromatic N) is 2. The molecule has 0 radical (unpaired) electrons. The summed E-state index contributed by atoms with van der Waals surface area (Å²) in [6.07, 6.45) is 1.38. The summed E-state index contributed by atoms with van der Waals surface area (Å²) in [6.45, 7) is 12.1. The Kier molecular flexibility index (Phi) is 10.3. The Morgan fingerprint density at radius 2 is 1.18 bits per heavy atom. The largest absolute Gasteiger partial charge is 0.345 e. The predicted octanol–water partition coefficient (Wildman–Crippen LogP) is 10.8. The molecular weight excluding hydrogens is 721 g/mol. The summed E-state index contributed by atoms with van der Waals surface area (Å²) in [4.78, 5) is 42.9. The average Bonchev–Trinajstić information content (AvgIpc) is 3.79. The first-order valence-electron chi connectivity index (χ1n) is 19.7. The fourth-order valence-corrected chi connectivity index (χ4v) is 8.12. The molecule has 0 spiro atoms. The molecule has 4 N–H and O–H groups in total. The molecule has 0 bridgehead atoms. The Balaban J connectivity index is 1.07. The van der Waals surface area contributed by atoms with Gasteiger partial charge in [0, 0.05) is 42.9 Å². The number of fused-ring (bicyclic) bond motifs is 3. The minimum atomic E-state index is -2.70. The molecule has 2 heterocycles. The Bertz CT molecular complexity index is 2210. The topological polar surface area (TPSA) is 116 Å². The van der Waals surface area contributed by atoms with Gasteiger partial charge in [-0.05, 0) is 70.7 Å². The summed E-state index contributed by atoms with van der Waals surface area (Å²) in [5.74, 6) is -5.44. The van der Waals surface area contributed by atoms with E-state index in [0.717, 1.165) is 44.2 Å². The Hall–Kier alpha value is -4.74. The van der Waals surface area contributed by atoms with Gasteiger partial charge >= 0.3 is 0 Å². The van der Waals surface area contributed by atoms with Crippen molar-refractivity contribution in [3.63, 3.8) is 0 Å². The number of imidazole rings is 2. The number of nitrogens with one attached hydrogen (secondary N) is 4. The number of carbonyl (C=O) groups excluding carboxylic acids is 2. The van der Waals surface area contributed by atoms with Gasteiger partial charge < -0.3 is 20.6 Å². The minimum Gasteiger partial charge on any atom is -0.345 e. The number of alkyl halides is 4. The molecule has 56 heavy (non-hydrogen) atoms. The van der Waals surface area contributed by atoms with Crippen LogP contribution in [-0.4, -0.2) is 43.6 Å². The first-order valence-corrected chi connectivity index (χ1v) is 19.7. The summed E-state index contributed by atoms with van der Waals surface area (Å²) in [5, 5.41) is 8.22. The van der Waals surface area contributed by atoms with E-state index in [2.05, 4.69) is 43.8 Å². The first-order chi connectivity index (χ1) is 26.3. The number of rotatable bonds is 8. The number of hydrogen-bond donors (Lipinski definition) is 4. The standard InChI is InChI=1S/C44H52F4N6O2/c1-41(2,3)35(53-39(55)27-15-19-43(45,46)20-16-27)37-49-24-33(51-37)26-9-7-25(8-10-26)29-11-13-31-30(23-29)12-14-32-34(31)52-38(50-32)36(42(4,5)6)54-40(56)28-17-21-44(47,48)22-18-28/h7-14,23-24,27-28,35-36H,15-22H2,1-6H3,(H,49,51)(H,50,52)(H,53,55)(H,54,56)/t35-,36?/m1/s1. The van der Waals surface area contributed by atoms with E-state index >= 15 is 0 Å². The van der Waals surface area contributed by atoms with E-state index in [0.29, 0.717) is 11.6 Å². The molecule has 2 fully saturated rings. The van der Waals surface area contributed by atoms with E-state index in [-0.39, 0.29) is 68.6 Å². The van der Waals surface area contributed by atoms with Crippen molar-refractivity contribution in [3.8, 4) is 22.4 Å². The van der Waals surface area contributed by atoms with Gasteiger partial charge in [0.15, 0.2) is 0 Å². The molecule has 2 atom stereocenters. The summed E-state index contributed by atoms with van der Waals surface area (Å²) in [7, 11) is 0. The summed E-state index contributed by atoms with van der Waals surface area (Å²) >= 11 is 0. The number of halogens is 4. The molecule has 2 aromatic heterocycles.